The summed E-state index contributed by atoms with van der Waals surface area (Å²) < 4.78 is 12.7. The molecule has 0 fully saturated rings. The molecule has 0 saturated heterocycles. The molecule has 11 heavy (non-hydrogen) atoms. The highest BCUT2D eigenvalue weighted by Crippen LogP contribution is 2.06. The molecule has 0 saturated carbocycles. The fourth-order valence-corrected chi connectivity index (χ4v) is 0.851. The fraction of sp³-hybridized carbons (Fsp3) is 0.667. The summed E-state index contributed by atoms with van der Waals surface area (Å²) in [5, 5.41) is 0. The Hall–Kier alpha value is -0.660. The van der Waals surface area contributed by atoms with E-state index in [1.54, 1.807) is 0 Å². The van der Waals surface area contributed by atoms with E-state index in [0.29, 0.717) is 12.7 Å². The summed E-state index contributed by atoms with van der Waals surface area (Å²) in [6.45, 7) is 2.08. The molecule has 64 valence electrons. The van der Waals surface area contributed by atoms with Crippen LogP contribution < -0.4 is 0 Å². The third kappa shape index (κ3) is 7.23. The van der Waals surface area contributed by atoms with Crippen molar-refractivity contribution in [1.82, 2.24) is 0 Å². The maximum absolute atomic E-state index is 12.7. The lowest BCUT2D eigenvalue weighted by atomic mass is 10.1. The predicted octanol–water partition coefficient (Wildman–Crippen LogP) is 2.66. The standard InChI is InChI=1S/C9H15FO/c1-2-3-4-6-9(10)7-5-8-11/h5,7-9H,2-4,6H2,1H3/b7-5+/t9-/m1/s1. The van der Waals surface area contributed by atoms with Crippen LogP contribution in [0, 0.1) is 0 Å². The van der Waals surface area contributed by atoms with Gasteiger partial charge in [0.15, 0.2) is 0 Å². The highest BCUT2D eigenvalue weighted by atomic mass is 19.1. The van der Waals surface area contributed by atoms with Gasteiger partial charge in [0.1, 0.15) is 12.5 Å². The average molecular weight is 158 g/mol. The van der Waals surface area contributed by atoms with Gasteiger partial charge in [0, 0.05) is 0 Å². The van der Waals surface area contributed by atoms with E-state index in [0.717, 1.165) is 19.3 Å². The Kier molecular flexibility index (Phi) is 7.00. The largest absolute Gasteiger partial charge is 0.299 e. The van der Waals surface area contributed by atoms with Gasteiger partial charge in [-0.05, 0) is 18.6 Å². The van der Waals surface area contributed by atoms with Gasteiger partial charge in [-0.1, -0.05) is 26.2 Å². The minimum absolute atomic E-state index is 0.540. The molecule has 0 rings (SSSR count). The fourth-order valence-electron chi connectivity index (χ4n) is 0.851. The number of alkyl halides is 1. The van der Waals surface area contributed by atoms with Crippen LogP contribution in [0.2, 0.25) is 0 Å². The molecule has 2 heteroatoms. The first kappa shape index (κ1) is 10.3. The van der Waals surface area contributed by atoms with Gasteiger partial charge in [-0.25, -0.2) is 4.39 Å². The minimum atomic E-state index is -0.938. The second kappa shape index (κ2) is 7.45. The molecule has 0 aromatic carbocycles. The molecule has 0 aromatic rings. The summed E-state index contributed by atoms with van der Waals surface area (Å²) in [7, 11) is 0. The van der Waals surface area contributed by atoms with Crippen molar-refractivity contribution in [3.05, 3.63) is 12.2 Å². The van der Waals surface area contributed by atoms with Gasteiger partial charge in [-0.15, -0.1) is 0 Å². The first-order chi connectivity index (χ1) is 5.31. The number of unbranched alkanes of at least 4 members (excludes halogenated alkanes) is 2. The van der Waals surface area contributed by atoms with Gasteiger partial charge in [-0.3, -0.25) is 4.79 Å². The summed E-state index contributed by atoms with van der Waals surface area (Å²) >= 11 is 0. The van der Waals surface area contributed by atoms with Crippen molar-refractivity contribution >= 4 is 6.29 Å². The number of allylic oxidation sites excluding steroid dienone is 2. The number of halogens is 1. The van der Waals surface area contributed by atoms with Gasteiger partial charge in [0.05, 0.1) is 0 Å². The monoisotopic (exact) mass is 158 g/mol. The second-order valence-corrected chi connectivity index (χ2v) is 2.53. The molecule has 0 radical (unpaired) electrons. The van der Waals surface area contributed by atoms with Crippen molar-refractivity contribution in [3.8, 4) is 0 Å². The summed E-state index contributed by atoms with van der Waals surface area (Å²) in [5.41, 5.74) is 0. The topological polar surface area (TPSA) is 17.1 Å². The van der Waals surface area contributed by atoms with Gasteiger partial charge >= 0.3 is 0 Å². The number of hydrogen-bond donors (Lipinski definition) is 0. The minimum Gasteiger partial charge on any atom is -0.299 e. The first-order valence-electron chi connectivity index (χ1n) is 4.07. The maximum Gasteiger partial charge on any atom is 0.142 e. The van der Waals surface area contributed by atoms with E-state index in [4.69, 9.17) is 0 Å². The van der Waals surface area contributed by atoms with Crippen molar-refractivity contribution in [2.24, 2.45) is 0 Å². The number of aldehydes is 1. The van der Waals surface area contributed by atoms with Gasteiger partial charge in [-0.2, -0.15) is 0 Å². The van der Waals surface area contributed by atoms with Crippen molar-refractivity contribution in [3.63, 3.8) is 0 Å². The Bertz CT molecular complexity index is 121. The summed E-state index contributed by atoms with van der Waals surface area (Å²) in [4.78, 5) is 9.79. The quantitative estimate of drug-likeness (QED) is 0.330. The summed E-state index contributed by atoms with van der Waals surface area (Å²) in [5.74, 6) is 0. The summed E-state index contributed by atoms with van der Waals surface area (Å²) in [6.07, 6.45) is 5.80. The van der Waals surface area contributed by atoms with Gasteiger partial charge in [0.2, 0.25) is 0 Å². The lowest BCUT2D eigenvalue weighted by molar-refractivity contribution is -0.104. The Morgan fingerprint density at radius 1 is 1.45 bits per heavy atom. The third-order valence-electron chi connectivity index (χ3n) is 1.48. The zero-order chi connectivity index (χ0) is 8.53. The van der Waals surface area contributed by atoms with Crippen LogP contribution in [-0.2, 0) is 4.79 Å². The van der Waals surface area contributed by atoms with Crippen LogP contribution in [-0.4, -0.2) is 12.5 Å². The van der Waals surface area contributed by atoms with Crippen molar-refractivity contribution in [2.75, 3.05) is 0 Å². The SMILES string of the molecule is CCCCC[C@@H](F)/C=C/C=O. The Balaban J connectivity index is 3.28. The first-order valence-corrected chi connectivity index (χ1v) is 4.07. The highest BCUT2D eigenvalue weighted by Gasteiger charge is 1.98. The number of carbonyl (C=O) groups excluding carboxylic acids is 1. The molecule has 1 atom stereocenters. The zero-order valence-corrected chi connectivity index (χ0v) is 6.92. The van der Waals surface area contributed by atoms with Crippen molar-refractivity contribution in [1.29, 1.82) is 0 Å². The van der Waals surface area contributed by atoms with E-state index in [2.05, 4.69) is 6.92 Å². The van der Waals surface area contributed by atoms with Gasteiger partial charge < -0.3 is 0 Å². The van der Waals surface area contributed by atoms with Crippen LogP contribution in [0.3, 0.4) is 0 Å². The van der Waals surface area contributed by atoms with Crippen LogP contribution in [0.1, 0.15) is 32.6 Å². The maximum atomic E-state index is 12.7. The molecular weight excluding hydrogens is 143 g/mol. The number of hydrogen-bond acceptors (Lipinski definition) is 1. The summed E-state index contributed by atoms with van der Waals surface area (Å²) in [6, 6.07) is 0. The molecular formula is C9H15FO. The Morgan fingerprint density at radius 3 is 2.73 bits per heavy atom. The number of rotatable bonds is 6. The van der Waals surface area contributed by atoms with Gasteiger partial charge in [0.25, 0.3) is 0 Å². The Morgan fingerprint density at radius 2 is 2.18 bits per heavy atom. The molecule has 0 unspecified atom stereocenters. The zero-order valence-electron chi connectivity index (χ0n) is 6.92. The van der Waals surface area contributed by atoms with E-state index in [1.807, 2.05) is 0 Å². The van der Waals surface area contributed by atoms with Crippen LogP contribution in [0.25, 0.3) is 0 Å². The van der Waals surface area contributed by atoms with E-state index in [-0.39, 0.29) is 0 Å². The molecule has 0 N–H and O–H groups in total. The smallest absolute Gasteiger partial charge is 0.142 e. The second-order valence-electron chi connectivity index (χ2n) is 2.53. The lowest BCUT2D eigenvalue weighted by Gasteiger charge is -1.99. The average Bonchev–Trinajstić information content (AvgIpc) is 2.01. The predicted molar refractivity (Wildman–Crippen MR) is 44.2 cm³/mol. The lowest BCUT2D eigenvalue weighted by Crippen LogP contribution is -1.94. The van der Waals surface area contributed by atoms with Crippen LogP contribution in [0.4, 0.5) is 4.39 Å². The third-order valence-corrected chi connectivity index (χ3v) is 1.48. The van der Waals surface area contributed by atoms with Crippen LogP contribution in [0.5, 0.6) is 0 Å². The molecule has 0 heterocycles. The molecule has 0 aliphatic heterocycles. The molecule has 0 spiro atoms. The molecule has 0 bridgehead atoms. The van der Waals surface area contributed by atoms with Crippen LogP contribution >= 0.6 is 0 Å². The van der Waals surface area contributed by atoms with Crippen molar-refractivity contribution < 1.29 is 9.18 Å². The van der Waals surface area contributed by atoms with E-state index in [9.17, 15) is 9.18 Å². The van der Waals surface area contributed by atoms with Crippen molar-refractivity contribution in [2.45, 2.75) is 38.8 Å². The molecule has 1 nitrogen and oxygen atoms in total. The highest BCUT2D eigenvalue weighted by molar-refractivity contribution is 5.64. The number of carbonyl (C=O) groups is 1. The molecule has 0 amide bonds. The normalized spacial score (nSPS) is 13.6. The van der Waals surface area contributed by atoms with E-state index >= 15 is 0 Å². The molecule has 0 aliphatic rings. The van der Waals surface area contributed by atoms with E-state index < -0.39 is 6.17 Å². The molecule has 0 aromatic heterocycles. The Labute approximate surface area is 67.3 Å². The van der Waals surface area contributed by atoms with Crippen LogP contribution in [0.15, 0.2) is 12.2 Å². The van der Waals surface area contributed by atoms with E-state index in [1.165, 1.54) is 12.2 Å². The molecule has 0 aliphatic carbocycles.